The van der Waals surface area contributed by atoms with Gasteiger partial charge in [-0.3, -0.25) is 9.69 Å². The van der Waals surface area contributed by atoms with E-state index < -0.39 is 0 Å². The molecule has 1 amide bonds. The van der Waals surface area contributed by atoms with Crippen LogP contribution in [0.15, 0.2) is 24.3 Å². The van der Waals surface area contributed by atoms with E-state index in [0.29, 0.717) is 11.7 Å². The second kappa shape index (κ2) is 5.06. The number of nitrogens with one attached hydrogen (secondary N) is 1. The highest BCUT2D eigenvalue weighted by Gasteiger charge is 2.48. The molecular weight excluding hydrogens is 288 g/mol. The van der Waals surface area contributed by atoms with Crippen molar-refractivity contribution in [3.63, 3.8) is 0 Å². The van der Waals surface area contributed by atoms with E-state index in [1.54, 1.807) is 0 Å². The van der Waals surface area contributed by atoms with Crippen molar-refractivity contribution in [1.82, 2.24) is 19.8 Å². The van der Waals surface area contributed by atoms with Crippen LogP contribution in [0.1, 0.15) is 37.3 Å². The maximum absolute atomic E-state index is 12.9. The van der Waals surface area contributed by atoms with Gasteiger partial charge in [0.05, 0.1) is 11.0 Å². The Kier molecular flexibility index (Phi) is 3.23. The van der Waals surface area contributed by atoms with Crippen molar-refractivity contribution >= 4 is 16.9 Å². The zero-order chi connectivity index (χ0) is 16.2. The number of hydrogen-bond acceptors (Lipinski definition) is 3. The first kappa shape index (κ1) is 14.7. The van der Waals surface area contributed by atoms with Gasteiger partial charge < -0.3 is 9.88 Å². The van der Waals surface area contributed by atoms with Gasteiger partial charge in [-0.2, -0.15) is 0 Å². The first-order valence-electron chi connectivity index (χ1n) is 8.46. The van der Waals surface area contributed by atoms with Crippen molar-refractivity contribution in [3.05, 3.63) is 30.1 Å². The second-order valence-corrected chi connectivity index (χ2v) is 7.41. The predicted octanol–water partition coefficient (Wildman–Crippen LogP) is 2.18. The molecule has 3 fully saturated rings. The summed E-state index contributed by atoms with van der Waals surface area (Å²) >= 11 is 0. The molecule has 2 aromatic rings. The van der Waals surface area contributed by atoms with Crippen LogP contribution in [-0.2, 0) is 7.05 Å². The Labute approximate surface area is 136 Å². The molecule has 3 aliphatic rings. The molecule has 1 aromatic heterocycles. The minimum Gasteiger partial charge on any atom is -0.345 e. The SMILES string of the molecule is Cn1c(C(=O)N[C@@H]2C3CCN(CC3)C2(C)C)nc2ccccc21. The Morgan fingerprint density at radius 1 is 1.26 bits per heavy atom. The quantitative estimate of drug-likeness (QED) is 0.924. The van der Waals surface area contributed by atoms with Crippen LogP contribution in [-0.4, -0.2) is 45.0 Å². The van der Waals surface area contributed by atoms with E-state index in [2.05, 4.69) is 29.0 Å². The van der Waals surface area contributed by atoms with Crippen molar-refractivity contribution in [3.8, 4) is 0 Å². The molecule has 0 aliphatic carbocycles. The standard InChI is InChI=1S/C18H24N4O/c1-18(2)15(12-8-10-22(18)11-9-12)20-17(23)16-19-13-6-4-5-7-14(13)21(16)3/h4-7,12,15H,8-11H2,1-3H3,(H,20,23)/t15-/m1/s1. The number of carbonyl (C=O) groups excluding carboxylic acids is 1. The van der Waals surface area contributed by atoms with Gasteiger partial charge in [-0.15, -0.1) is 0 Å². The highest BCUT2D eigenvalue weighted by Crippen LogP contribution is 2.39. The Morgan fingerprint density at radius 3 is 2.61 bits per heavy atom. The van der Waals surface area contributed by atoms with Gasteiger partial charge in [-0.05, 0) is 57.8 Å². The molecule has 5 nitrogen and oxygen atoms in total. The van der Waals surface area contributed by atoms with Crippen LogP contribution in [0.5, 0.6) is 0 Å². The minimum atomic E-state index is -0.0597. The molecule has 23 heavy (non-hydrogen) atoms. The van der Waals surface area contributed by atoms with Gasteiger partial charge in [-0.25, -0.2) is 4.98 Å². The number of aryl methyl sites for hydroxylation is 1. The molecule has 0 spiro atoms. The number of benzene rings is 1. The van der Waals surface area contributed by atoms with Gasteiger partial charge in [0.1, 0.15) is 0 Å². The van der Waals surface area contributed by atoms with E-state index in [1.807, 2.05) is 35.9 Å². The third kappa shape index (κ3) is 2.17. The van der Waals surface area contributed by atoms with Gasteiger partial charge in [0.15, 0.2) is 5.82 Å². The molecule has 4 heterocycles. The number of para-hydroxylation sites is 2. The highest BCUT2D eigenvalue weighted by atomic mass is 16.2. The molecule has 0 saturated carbocycles. The van der Waals surface area contributed by atoms with Gasteiger partial charge in [0.2, 0.25) is 0 Å². The summed E-state index contributed by atoms with van der Waals surface area (Å²) in [6, 6.07) is 8.06. The normalized spacial score (nSPS) is 28.9. The lowest BCUT2D eigenvalue weighted by Crippen LogP contribution is -2.69. The fraction of sp³-hybridized carbons (Fsp3) is 0.556. The molecule has 3 saturated heterocycles. The van der Waals surface area contributed by atoms with Crippen LogP contribution in [0.25, 0.3) is 11.0 Å². The first-order valence-corrected chi connectivity index (χ1v) is 8.46. The van der Waals surface area contributed by atoms with Crippen molar-refractivity contribution < 1.29 is 4.79 Å². The number of imidazole rings is 1. The van der Waals surface area contributed by atoms with Crippen molar-refractivity contribution in [2.24, 2.45) is 13.0 Å². The summed E-state index contributed by atoms with van der Waals surface area (Å²) in [4.78, 5) is 19.9. The number of nitrogens with zero attached hydrogens (tertiary/aromatic N) is 3. The number of hydrogen-bond donors (Lipinski definition) is 1. The Hall–Kier alpha value is -1.88. The molecule has 2 bridgehead atoms. The predicted molar refractivity (Wildman–Crippen MR) is 90.3 cm³/mol. The van der Waals surface area contributed by atoms with Gasteiger partial charge in [0.25, 0.3) is 5.91 Å². The van der Waals surface area contributed by atoms with Crippen molar-refractivity contribution in [2.75, 3.05) is 13.1 Å². The smallest absolute Gasteiger partial charge is 0.287 e. The van der Waals surface area contributed by atoms with Gasteiger partial charge in [-0.1, -0.05) is 12.1 Å². The van der Waals surface area contributed by atoms with Crippen molar-refractivity contribution in [1.29, 1.82) is 0 Å². The van der Waals surface area contributed by atoms with E-state index in [-0.39, 0.29) is 17.5 Å². The lowest BCUT2D eigenvalue weighted by atomic mass is 9.72. The van der Waals surface area contributed by atoms with Crippen LogP contribution in [0, 0.1) is 5.92 Å². The number of amides is 1. The Balaban J connectivity index is 1.63. The molecule has 5 heteroatoms. The lowest BCUT2D eigenvalue weighted by Gasteiger charge is -2.56. The molecule has 122 valence electrons. The topological polar surface area (TPSA) is 50.2 Å². The van der Waals surface area contributed by atoms with Gasteiger partial charge in [0, 0.05) is 18.6 Å². The number of piperidine rings is 3. The zero-order valence-corrected chi connectivity index (χ0v) is 14.0. The average molecular weight is 312 g/mol. The molecule has 1 N–H and O–H groups in total. The molecular formula is C18H24N4O. The van der Waals surface area contributed by atoms with Crippen LogP contribution >= 0.6 is 0 Å². The molecule has 1 atom stereocenters. The fourth-order valence-electron chi connectivity index (χ4n) is 4.43. The maximum atomic E-state index is 12.9. The number of aromatic nitrogens is 2. The first-order chi connectivity index (χ1) is 11.0. The summed E-state index contributed by atoms with van der Waals surface area (Å²) in [5, 5.41) is 3.29. The number of carbonyl (C=O) groups is 1. The molecule has 0 radical (unpaired) electrons. The Morgan fingerprint density at radius 2 is 1.96 bits per heavy atom. The van der Waals surface area contributed by atoms with Crippen LogP contribution < -0.4 is 5.32 Å². The number of fused-ring (bicyclic) bond motifs is 4. The third-order valence-corrected chi connectivity index (χ3v) is 5.86. The van der Waals surface area contributed by atoms with E-state index in [1.165, 1.54) is 12.8 Å². The summed E-state index contributed by atoms with van der Waals surface area (Å²) in [5.74, 6) is 1.02. The van der Waals surface area contributed by atoms with E-state index >= 15 is 0 Å². The maximum Gasteiger partial charge on any atom is 0.287 e. The zero-order valence-electron chi connectivity index (χ0n) is 14.0. The molecule has 3 aliphatic heterocycles. The molecule has 5 rings (SSSR count). The summed E-state index contributed by atoms with van der Waals surface area (Å²) in [5.41, 5.74) is 1.88. The third-order valence-electron chi connectivity index (χ3n) is 5.86. The largest absolute Gasteiger partial charge is 0.345 e. The summed E-state index contributed by atoms with van der Waals surface area (Å²) in [6.45, 7) is 6.79. The minimum absolute atomic E-state index is 0.0153. The van der Waals surface area contributed by atoms with Crippen LogP contribution in [0.2, 0.25) is 0 Å². The summed E-state index contributed by atoms with van der Waals surface area (Å²) < 4.78 is 1.89. The average Bonchev–Trinajstić information content (AvgIpc) is 2.89. The Bertz CT molecular complexity index is 755. The summed E-state index contributed by atoms with van der Waals surface area (Å²) in [6.07, 6.45) is 2.35. The molecule has 1 aromatic carbocycles. The molecule has 0 unspecified atom stereocenters. The number of rotatable bonds is 2. The van der Waals surface area contributed by atoms with Gasteiger partial charge >= 0.3 is 0 Å². The fourth-order valence-corrected chi connectivity index (χ4v) is 4.43. The van der Waals surface area contributed by atoms with E-state index in [9.17, 15) is 4.79 Å². The monoisotopic (exact) mass is 312 g/mol. The summed E-state index contributed by atoms with van der Waals surface area (Å²) in [7, 11) is 1.91. The highest BCUT2D eigenvalue weighted by molar-refractivity contribution is 5.95. The second-order valence-electron chi connectivity index (χ2n) is 7.41. The lowest BCUT2D eigenvalue weighted by molar-refractivity contribution is -0.0379. The van der Waals surface area contributed by atoms with Crippen molar-refractivity contribution in [2.45, 2.75) is 38.3 Å². The van der Waals surface area contributed by atoms with Crippen LogP contribution in [0.4, 0.5) is 0 Å². The van der Waals surface area contributed by atoms with Crippen LogP contribution in [0.3, 0.4) is 0 Å². The van der Waals surface area contributed by atoms with E-state index in [4.69, 9.17) is 0 Å². The van der Waals surface area contributed by atoms with E-state index in [0.717, 1.165) is 24.1 Å².